The minimum Gasteiger partial charge on any atom is -0.538 e. The second-order valence-corrected chi connectivity index (χ2v) is 11.2. The van der Waals surface area contributed by atoms with Gasteiger partial charge >= 0.3 is 5.97 Å². The van der Waals surface area contributed by atoms with E-state index < -0.39 is 17.2 Å². The summed E-state index contributed by atoms with van der Waals surface area (Å²) < 4.78 is 11.2. The largest absolute Gasteiger partial charge is 0.538 e. The number of esters is 1. The highest BCUT2D eigenvalue weighted by Gasteiger charge is 2.35. The van der Waals surface area contributed by atoms with Crippen molar-refractivity contribution in [3.8, 4) is 5.95 Å². The van der Waals surface area contributed by atoms with E-state index in [-0.39, 0.29) is 23.0 Å². The number of carbonyl (C=O) groups excluding carboxylic acids is 2. The Bertz CT molecular complexity index is 957. The molecule has 1 amide bonds. The number of fused-ring (bicyclic) bond motifs is 1. The van der Waals surface area contributed by atoms with Crippen molar-refractivity contribution in [1.82, 2.24) is 5.27 Å². The summed E-state index contributed by atoms with van der Waals surface area (Å²) in [6.07, 6.45) is 2.67. The Morgan fingerprint density at radius 2 is 2.16 bits per heavy atom. The van der Waals surface area contributed by atoms with E-state index in [1.54, 1.807) is 20.9 Å². The highest BCUT2D eigenvalue weighted by molar-refractivity contribution is 8.00. The predicted octanol–water partition coefficient (Wildman–Crippen LogP) is 3.08. The van der Waals surface area contributed by atoms with Crippen LogP contribution < -0.4 is 15.1 Å². The molecular formula is C21H29N3O5S2. The fraction of sp³-hybridized carbons (Fsp3) is 0.619. The lowest BCUT2D eigenvalue weighted by Gasteiger charge is -2.33. The maximum absolute atomic E-state index is 12.9. The smallest absolute Gasteiger partial charge is 0.341 e. The number of ether oxygens (including phenoxy) is 1. The van der Waals surface area contributed by atoms with Crippen LogP contribution in [-0.2, 0) is 29.4 Å². The van der Waals surface area contributed by atoms with E-state index >= 15 is 0 Å². The van der Waals surface area contributed by atoms with Gasteiger partial charge in [0.05, 0.1) is 22.7 Å². The summed E-state index contributed by atoms with van der Waals surface area (Å²) in [5.74, 6) is -0.783. The fourth-order valence-electron chi connectivity index (χ4n) is 3.70. The highest BCUT2D eigenvalue weighted by Crippen LogP contribution is 2.44. The number of rotatable bonds is 6. The van der Waals surface area contributed by atoms with Gasteiger partial charge in [-0.1, -0.05) is 25.5 Å². The average molecular weight is 468 g/mol. The number of thioether (sulfide) groups is 1. The van der Waals surface area contributed by atoms with Gasteiger partial charge in [-0.3, -0.25) is 4.79 Å². The molecule has 2 aromatic rings. The first kappa shape index (κ1) is 23.6. The summed E-state index contributed by atoms with van der Waals surface area (Å²) in [6.45, 7) is 10.4. The van der Waals surface area contributed by atoms with Crippen molar-refractivity contribution in [1.29, 1.82) is 0 Å². The lowest BCUT2D eigenvalue weighted by Crippen LogP contribution is -2.33. The zero-order chi connectivity index (χ0) is 22.9. The second kappa shape index (κ2) is 9.20. The molecule has 0 aliphatic heterocycles. The van der Waals surface area contributed by atoms with E-state index in [4.69, 9.17) is 4.74 Å². The molecule has 2 aromatic heterocycles. The predicted molar refractivity (Wildman–Crippen MR) is 116 cm³/mol. The number of carbonyl (C=O) groups is 2. The lowest BCUT2D eigenvalue weighted by atomic mass is 9.72. The van der Waals surface area contributed by atoms with Gasteiger partial charge in [-0.15, -0.1) is 11.3 Å². The number of nitrogens with zero attached hydrogens (tertiary/aromatic N) is 2. The van der Waals surface area contributed by atoms with Crippen molar-refractivity contribution in [2.24, 2.45) is 18.4 Å². The van der Waals surface area contributed by atoms with Gasteiger partial charge in [0.25, 0.3) is 5.03 Å². The van der Waals surface area contributed by atoms with Crippen LogP contribution in [0.2, 0.25) is 0 Å². The molecule has 0 saturated heterocycles. The number of aryl methyl sites for hydroxylation is 1. The van der Waals surface area contributed by atoms with Crippen LogP contribution in [0, 0.1) is 11.3 Å². The average Bonchev–Trinajstić information content (AvgIpc) is 3.20. The molecule has 0 bridgehead atoms. The molecule has 170 valence electrons. The van der Waals surface area contributed by atoms with Crippen LogP contribution in [0.25, 0.3) is 0 Å². The molecule has 1 aliphatic rings. The molecule has 0 spiro atoms. The Kier molecular flexibility index (Phi) is 7.00. The Hall–Kier alpha value is -2.07. The maximum Gasteiger partial charge on any atom is 0.341 e. The number of amides is 1. The Labute approximate surface area is 190 Å². The topological polar surface area (TPSA) is 108 Å². The van der Waals surface area contributed by atoms with Gasteiger partial charge in [0, 0.05) is 4.88 Å². The van der Waals surface area contributed by atoms with E-state index in [1.807, 2.05) is 0 Å². The van der Waals surface area contributed by atoms with Gasteiger partial charge in [0.2, 0.25) is 5.91 Å². The molecule has 1 aliphatic carbocycles. The summed E-state index contributed by atoms with van der Waals surface area (Å²) in [5, 5.41) is 18.4. The Morgan fingerprint density at radius 1 is 1.45 bits per heavy atom. The Morgan fingerprint density at radius 3 is 2.74 bits per heavy atom. The molecule has 2 heterocycles. The molecule has 0 radical (unpaired) electrons. The lowest BCUT2D eigenvalue weighted by molar-refractivity contribution is -0.772. The first-order valence-electron chi connectivity index (χ1n) is 10.3. The van der Waals surface area contributed by atoms with Gasteiger partial charge in [-0.25, -0.2) is 4.79 Å². The molecule has 0 fully saturated rings. The molecule has 2 unspecified atom stereocenters. The zero-order valence-electron chi connectivity index (χ0n) is 18.7. The van der Waals surface area contributed by atoms with Gasteiger partial charge in [-0.05, 0) is 61.8 Å². The van der Waals surface area contributed by atoms with E-state index in [2.05, 4.69) is 35.9 Å². The maximum atomic E-state index is 12.9. The summed E-state index contributed by atoms with van der Waals surface area (Å²) in [6, 6.07) is 0. The fourth-order valence-corrected chi connectivity index (χ4v) is 5.84. The zero-order valence-corrected chi connectivity index (χ0v) is 20.4. The minimum atomic E-state index is -0.588. The Balaban J connectivity index is 1.85. The normalized spacial score (nSPS) is 17.2. The van der Waals surface area contributed by atoms with Crippen molar-refractivity contribution in [3.63, 3.8) is 0 Å². The van der Waals surface area contributed by atoms with Gasteiger partial charge in [0.1, 0.15) is 5.00 Å². The second-order valence-electron chi connectivity index (χ2n) is 8.77. The van der Waals surface area contributed by atoms with E-state index in [9.17, 15) is 14.7 Å². The molecule has 2 atom stereocenters. The van der Waals surface area contributed by atoms with Gasteiger partial charge < -0.3 is 19.7 Å². The molecule has 3 rings (SSSR count). The number of nitrogens with one attached hydrogen (secondary N) is 1. The highest BCUT2D eigenvalue weighted by atomic mass is 32.2. The third-order valence-electron chi connectivity index (χ3n) is 5.58. The molecule has 10 heteroatoms. The van der Waals surface area contributed by atoms with E-state index in [1.165, 1.54) is 16.0 Å². The number of aromatic nitrogens is 2. The van der Waals surface area contributed by atoms with E-state index in [0.29, 0.717) is 16.5 Å². The minimum absolute atomic E-state index is 0.171. The molecule has 31 heavy (non-hydrogen) atoms. The molecule has 0 saturated carbocycles. The van der Waals surface area contributed by atoms with Crippen molar-refractivity contribution in [2.45, 2.75) is 64.2 Å². The quantitative estimate of drug-likeness (QED) is 0.395. The number of thiophene rings is 1. The van der Waals surface area contributed by atoms with Crippen LogP contribution in [0.15, 0.2) is 9.55 Å². The van der Waals surface area contributed by atoms with Crippen LogP contribution in [0.5, 0.6) is 5.95 Å². The summed E-state index contributed by atoms with van der Waals surface area (Å²) in [4.78, 5) is 26.8. The van der Waals surface area contributed by atoms with Crippen molar-refractivity contribution in [3.05, 3.63) is 16.0 Å². The number of anilines is 1. The third-order valence-corrected chi connectivity index (χ3v) is 7.97. The standard InChI is InChI=1S/C21H29N3O5S2/c1-7-28-19(26)15-13-9-8-12(21(3,4)5)10-14(13)31-17(15)22-16(25)11(2)30-18-20(27)29-23-24(18)6/h11-12H,7-10H2,1-6H3,(H-,22,23,25,26,27). The van der Waals surface area contributed by atoms with Crippen LogP contribution in [0.1, 0.15) is 61.8 Å². The van der Waals surface area contributed by atoms with Crippen LogP contribution >= 0.6 is 23.1 Å². The molecular weight excluding hydrogens is 438 g/mol. The molecule has 0 aromatic carbocycles. The van der Waals surface area contributed by atoms with Crippen molar-refractivity contribution in [2.75, 3.05) is 11.9 Å². The SMILES string of the molecule is CCOC(=O)c1c(NC(=O)C(C)Sc2c([O-])on[n+]2C)sc2c1CCC(C(C)(C)C)C2. The summed E-state index contributed by atoms with van der Waals surface area (Å²) in [7, 11) is 1.58. The summed E-state index contributed by atoms with van der Waals surface area (Å²) in [5.41, 5.74) is 1.64. The van der Waals surface area contributed by atoms with Crippen molar-refractivity contribution < 1.29 is 28.6 Å². The van der Waals surface area contributed by atoms with Gasteiger partial charge in [-0.2, -0.15) is 0 Å². The summed E-state index contributed by atoms with van der Waals surface area (Å²) >= 11 is 2.52. The van der Waals surface area contributed by atoms with Crippen LogP contribution in [0.3, 0.4) is 0 Å². The van der Waals surface area contributed by atoms with Gasteiger partial charge in [0.15, 0.2) is 13.0 Å². The van der Waals surface area contributed by atoms with E-state index in [0.717, 1.165) is 41.5 Å². The van der Waals surface area contributed by atoms with Crippen LogP contribution in [0.4, 0.5) is 5.00 Å². The monoisotopic (exact) mass is 467 g/mol. The van der Waals surface area contributed by atoms with Crippen LogP contribution in [-0.4, -0.2) is 29.0 Å². The number of hydrogen-bond donors (Lipinski definition) is 1. The molecule has 8 nitrogen and oxygen atoms in total. The molecule has 1 N–H and O–H groups in total. The first-order chi connectivity index (χ1) is 14.5. The van der Waals surface area contributed by atoms with Crippen molar-refractivity contribution >= 4 is 40.0 Å². The first-order valence-corrected chi connectivity index (χ1v) is 12.0. The number of hydrogen-bond acceptors (Lipinski definition) is 8. The third kappa shape index (κ3) is 5.06.